The number of ether oxygens (including phenoxy) is 1. The molecule has 8 heteroatoms. The van der Waals surface area contributed by atoms with Crippen molar-refractivity contribution in [3.8, 4) is 0 Å². The summed E-state index contributed by atoms with van der Waals surface area (Å²) in [4.78, 5) is 0. The Morgan fingerprint density at radius 2 is 1.12 bits per heavy atom. The average Bonchev–Trinajstić information content (AvgIpc) is 3.84. The first-order valence-corrected chi connectivity index (χ1v) is 18.8. The Morgan fingerprint density at radius 1 is 0.694 bits per heavy atom. The van der Waals surface area contributed by atoms with Crippen molar-refractivity contribution >= 4 is 37.7 Å². The van der Waals surface area contributed by atoms with E-state index in [9.17, 15) is 0 Å². The molecule has 0 spiro atoms. The van der Waals surface area contributed by atoms with Gasteiger partial charge in [0.25, 0.3) is 0 Å². The Hall–Kier alpha value is -2.93. The molecule has 0 bridgehead atoms. The first kappa shape index (κ1) is 37.3. The van der Waals surface area contributed by atoms with Gasteiger partial charge in [0.2, 0.25) is 8.45 Å². The summed E-state index contributed by atoms with van der Waals surface area (Å²) < 4.78 is 27.0. The molecule has 0 aromatic heterocycles. The van der Waals surface area contributed by atoms with Crippen LogP contribution < -0.4 is 0 Å². The zero-order valence-corrected chi connectivity index (χ0v) is 31.9. The Bertz CT molecular complexity index is 1570. The number of fused-ring (bicyclic) bond motifs is 2. The molecule has 7 rings (SSSR count). The van der Waals surface area contributed by atoms with Gasteiger partial charge in [-0.05, 0) is 92.5 Å². The minimum Gasteiger partial charge on any atom is -0.405 e. The summed E-state index contributed by atoms with van der Waals surface area (Å²) in [5.41, 5.74) is 2.38. The highest BCUT2D eigenvalue weighted by Crippen LogP contribution is 2.58. The summed E-state index contributed by atoms with van der Waals surface area (Å²) in [6.07, 6.45) is 7.03. The van der Waals surface area contributed by atoms with Gasteiger partial charge in [0, 0.05) is 25.6 Å². The van der Waals surface area contributed by atoms with Crippen molar-refractivity contribution in [1.82, 2.24) is 9.34 Å². The number of hydrogen-bond acceptors (Lipinski definition) is 6. The van der Waals surface area contributed by atoms with Crippen LogP contribution >= 0.6 is 8.45 Å². The van der Waals surface area contributed by atoms with Gasteiger partial charge in [-0.2, -0.15) is 0 Å². The molecule has 2 fully saturated rings. The van der Waals surface area contributed by atoms with E-state index in [2.05, 4.69) is 141 Å². The van der Waals surface area contributed by atoms with E-state index in [0.29, 0.717) is 6.61 Å². The molecule has 3 heterocycles. The van der Waals surface area contributed by atoms with Gasteiger partial charge in [-0.1, -0.05) is 106 Å². The van der Waals surface area contributed by atoms with Crippen LogP contribution in [0, 0.1) is 5.41 Å². The zero-order valence-electron chi connectivity index (χ0n) is 31.0. The lowest BCUT2D eigenvalue weighted by Gasteiger charge is -2.39. The Balaban J connectivity index is 0.000000276. The minimum absolute atomic E-state index is 0.0909. The molecule has 3 aliphatic rings. The highest BCUT2D eigenvalue weighted by molar-refractivity contribution is 7.48. The summed E-state index contributed by atoms with van der Waals surface area (Å²) in [7, 11) is 0.399. The van der Waals surface area contributed by atoms with Crippen LogP contribution in [-0.4, -0.2) is 48.0 Å². The highest BCUT2D eigenvalue weighted by Gasteiger charge is 2.44. The molecule has 0 unspecified atom stereocenters. The van der Waals surface area contributed by atoms with Gasteiger partial charge in [-0.15, -0.1) is 0 Å². The third-order valence-corrected chi connectivity index (χ3v) is 11.8. The lowest BCUT2D eigenvalue weighted by molar-refractivity contribution is 0.00578. The van der Waals surface area contributed by atoms with E-state index in [-0.39, 0.29) is 28.7 Å². The maximum Gasteiger partial charge on any atom is 0.488 e. The molecule has 4 aromatic rings. The molecule has 0 amide bonds. The topological polar surface area (TPSA) is 43.4 Å². The number of hydrogen-bond donors (Lipinski definition) is 0. The van der Waals surface area contributed by atoms with E-state index in [1.165, 1.54) is 53.2 Å². The Labute approximate surface area is 297 Å². The van der Waals surface area contributed by atoms with Gasteiger partial charge >= 0.3 is 7.69 Å². The fourth-order valence-corrected chi connectivity index (χ4v) is 8.08. The predicted octanol–water partition coefficient (Wildman–Crippen LogP) is 11.1. The molecule has 2 atom stereocenters. The van der Waals surface area contributed by atoms with Crippen molar-refractivity contribution in [2.75, 3.05) is 19.8 Å². The predicted molar refractivity (Wildman–Crippen MR) is 206 cm³/mol. The standard InChI is InChI=1S/C31H35N2OP.C6H12BO2.C4H8O/c1-23(27-18-10-14-25-12-6-8-16-29(25)27)32-20-21-33(35(32)34-22-31(3,4)5)24(2)28-19-11-15-26-13-7-9-17-30(26)28;1-5(2)6(3,4)9-7-8-5;1-2-4-5-3-1/h6-21,23-24H,22H2,1-5H3;1-4H3;1-4H2/t23-,24-;;/m1../s1. The molecular formula is C41H55BN2O4P. The van der Waals surface area contributed by atoms with Crippen molar-refractivity contribution in [3.63, 3.8) is 0 Å². The lowest BCUT2D eigenvalue weighted by Crippen LogP contribution is -2.41. The zero-order chi connectivity index (χ0) is 35.2. The van der Waals surface area contributed by atoms with Gasteiger partial charge < -0.3 is 27.9 Å². The van der Waals surface area contributed by atoms with Crippen molar-refractivity contribution in [2.24, 2.45) is 5.41 Å². The van der Waals surface area contributed by atoms with Crippen molar-refractivity contribution in [2.45, 2.75) is 98.4 Å². The number of benzene rings is 4. The van der Waals surface area contributed by atoms with Gasteiger partial charge in [-0.25, -0.2) is 0 Å². The van der Waals surface area contributed by atoms with E-state index >= 15 is 0 Å². The second-order valence-electron chi connectivity index (χ2n) is 15.3. The van der Waals surface area contributed by atoms with E-state index in [4.69, 9.17) is 18.6 Å². The summed E-state index contributed by atoms with van der Waals surface area (Å²) in [6.45, 7) is 22.1. The SMILES string of the molecule is C1CCOC1.CC1(C)O[B]OC1(C)C.C[C@H](c1cccc2ccccc12)N1C=CN([C@H](C)c2cccc3ccccc23)P1OCC(C)(C)C. The smallest absolute Gasteiger partial charge is 0.405 e. The summed E-state index contributed by atoms with van der Waals surface area (Å²) in [5.74, 6) is 0. The lowest BCUT2D eigenvalue weighted by atomic mass is 9.90. The monoisotopic (exact) mass is 681 g/mol. The molecule has 6 nitrogen and oxygen atoms in total. The van der Waals surface area contributed by atoms with Crippen LogP contribution in [0.5, 0.6) is 0 Å². The number of rotatable bonds is 6. The second kappa shape index (κ2) is 16.0. The maximum absolute atomic E-state index is 6.76. The summed E-state index contributed by atoms with van der Waals surface area (Å²) >= 11 is 0. The van der Waals surface area contributed by atoms with Gasteiger partial charge in [0.05, 0.1) is 29.9 Å². The first-order chi connectivity index (χ1) is 23.3. The molecular weight excluding hydrogens is 626 g/mol. The first-order valence-electron chi connectivity index (χ1n) is 17.7. The summed E-state index contributed by atoms with van der Waals surface area (Å²) in [6, 6.07) is 31.0. The van der Waals surface area contributed by atoms with E-state index in [0.717, 1.165) is 13.2 Å². The van der Waals surface area contributed by atoms with E-state index in [1.54, 1.807) is 0 Å². The Kier molecular flexibility index (Phi) is 12.2. The van der Waals surface area contributed by atoms with Gasteiger partial charge in [0.1, 0.15) is 0 Å². The van der Waals surface area contributed by atoms with Crippen LogP contribution in [0.15, 0.2) is 97.3 Å². The molecule has 4 aromatic carbocycles. The molecule has 1 radical (unpaired) electrons. The normalized spacial score (nSPS) is 19.6. The fourth-order valence-electron chi connectivity index (χ4n) is 5.88. The van der Waals surface area contributed by atoms with Crippen LogP contribution in [0.2, 0.25) is 0 Å². The molecule has 261 valence electrons. The molecule has 0 aliphatic carbocycles. The molecule has 2 saturated heterocycles. The van der Waals surface area contributed by atoms with Crippen molar-refractivity contribution < 1.29 is 18.6 Å². The van der Waals surface area contributed by atoms with Crippen LogP contribution in [-0.2, 0) is 18.6 Å². The quantitative estimate of drug-likeness (QED) is 0.149. The van der Waals surface area contributed by atoms with Crippen LogP contribution in [0.25, 0.3) is 21.5 Å². The van der Waals surface area contributed by atoms with E-state index < -0.39 is 8.45 Å². The van der Waals surface area contributed by atoms with Gasteiger partial charge in [-0.3, -0.25) is 0 Å². The molecule has 3 aliphatic heterocycles. The third kappa shape index (κ3) is 9.06. The molecule has 0 saturated carbocycles. The largest absolute Gasteiger partial charge is 0.488 e. The summed E-state index contributed by atoms with van der Waals surface area (Å²) in [5, 5.41) is 5.17. The van der Waals surface area contributed by atoms with Gasteiger partial charge in [0.15, 0.2) is 0 Å². The fraction of sp³-hybridized carbons (Fsp3) is 0.463. The average molecular weight is 682 g/mol. The van der Waals surface area contributed by atoms with Crippen molar-refractivity contribution in [3.05, 3.63) is 108 Å². The van der Waals surface area contributed by atoms with Crippen LogP contribution in [0.1, 0.15) is 98.4 Å². The number of nitrogens with zero attached hydrogens (tertiary/aromatic N) is 2. The molecule has 49 heavy (non-hydrogen) atoms. The third-order valence-electron chi connectivity index (χ3n) is 9.68. The van der Waals surface area contributed by atoms with Crippen LogP contribution in [0.3, 0.4) is 0 Å². The Morgan fingerprint density at radius 3 is 1.49 bits per heavy atom. The minimum atomic E-state index is -1.02. The van der Waals surface area contributed by atoms with Crippen molar-refractivity contribution in [1.29, 1.82) is 0 Å². The van der Waals surface area contributed by atoms with E-state index in [1.807, 2.05) is 27.7 Å². The highest BCUT2D eigenvalue weighted by atomic mass is 31.2. The molecule has 0 N–H and O–H groups in total. The second-order valence-corrected chi connectivity index (χ2v) is 17.0. The maximum atomic E-state index is 6.76. The van der Waals surface area contributed by atoms with Crippen LogP contribution in [0.4, 0.5) is 0 Å².